The third kappa shape index (κ3) is 3.26. The summed E-state index contributed by atoms with van der Waals surface area (Å²) in [6.45, 7) is 2.22. The maximum Gasteiger partial charge on any atom is 0.416 e. The summed E-state index contributed by atoms with van der Waals surface area (Å²) in [5.41, 5.74) is 1.12. The first-order valence-corrected chi connectivity index (χ1v) is 7.69. The molecule has 4 heteroatoms. The molecule has 1 heterocycles. The highest BCUT2D eigenvalue weighted by Gasteiger charge is 2.40. The first kappa shape index (κ1) is 14.1. The van der Waals surface area contributed by atoms with Gasteiger partial charge in [-0.2, -0.15) is 0 Å². The number of hydrogen-bond donors (Lipinski definition) is 0. The average Bonchev–Trinajstić information content (AvgIpc) is 3.22. The van der Waals surface area contributed by atoms with Crippen LogP contribution in [0.2, 0.25) is 0 Å². The van der Waals surface area contributed by atoms with E-state index in [0.717, 1.165) is 12.0 Å². The standard InChI is InChI=1S/C17H21NO3/c1-12(9-14-7-8-14)16(19)18-15(11-21-17(18)20)10-13-5-3-2-4-6-13/h2-6,12,14-15H,7-11H2,1H3/t12-,15-/m1/s1. The van der Waals surface area contributed by atoms with Gasteiger partial charge in [0.15, 0.2) is 0 Å². The first-order valence-electron chi connectivity index (χ1n) is 7.69. The minimum Gasteiger partial charge on any atom is -0.447 e. The van der Waals surface area contributed by atoms with Gasteiger partial charge in [0.1, 0.15) is 6.61 Å². The molecule has 2 aliphatic rings. The molecule has 0 aromatic heterocycles. The quantitative estimate of drug-likeness (QED) is 0.836. The smallest absolute Gasteiger partial charge is 0.416 e. The van der Waals surface area contributed by atoms with Crippen LogP contribution in [0.4, 0.5) is 4.79 Å². The summed E-state index contributed by atoms with van der Waals surface area (Å²) in [5.74, 6) is 0.502. The van der Waals surface area contributed by atoms with E-state index in [1.165, 1.54) is 17.7 Å². The van der Waals surface area contributed by atoms with Gasteiger partial charge in [0.2, 0.25) is 5.91 Å². The first-order chi connectivity index (χ1) is 10.1. The van der Waals surface area contributed by atoms with Crippen LogP contribution in [0.5, 0.6) is 0 Å². The van der Waals surface area contributed by atoms with Crippen molar-refractivity contribution in [1.29, 1.82) is 0 Å². The topological polar surface area (TPSA) is 46.6 Å². The maximum atomic E-state index is 12.5. The van der Waals surface area contributed by atoms with Gasteiger partial charge in [-0.05, 0) is 24.3 Å². The SMILES string of the molecule is C[C@H](CC1CC1)C(=O)N1C(=O)OC[C@H]1Cc1ccccc1. The van der Waals surface area contributed by atoms with Gasteiger partial charge in [-0.1, -0.05) is 50.1 Å². The molecule has 2 fully saturated rings. The number of amides is 2. The molecule has 0 radical (unpaired) electrons. The second-order valence-electron chi connectivity index (χ2n) is 6.21. The molecule has 2 atom stereocenters. The zero-order chi connectivity index (χ0) is 14.8. The number of carbonyl (C=O) groups is 2. The van der Waals surface area contributed by atoms with Crippen LogP contribution in [-0.2, 0) is 16.0 Å². The largest absolute Gasteiger partial charge is 0.447 e. The van der Waals surface area contributed by atoms with Gasteiger partial charge in [-0.3, -0.25) is 4.79 Å². The van der Waals surface area contributed by atoms with Crippen LogP contribution in [0, 0.1) is 11.8 Å². The zero-order valence-electron chi connectivity index (χ0n) is 12.3. The van der Waals surface area contributed by atoms with Crippen molar-refractivity contribution in [3.63, 3.8) is 0 Å². The minimum atomic E-state index is -0.483. The summed E-state index contributed by atoms with van der Waals surface area (Å²) >= 11 is 0. The van der Waals surface area contributed by atoms with E-state index in [9.17, 15) is 9.59 Å². The third-order valence-corrected chi connectivity index (χ3v) is 4.32. The lowest BCUT2D eigenvalue weighted by Crippen LogP contribution is -2.43. The van der Waals surface area contributed by atoms with Crippen molar-refractivity contribution < 1.29 is 14.3 Å². The third-order valence-electron chi connectivity index (χ3n) is 4.32. The van der Waals surface area contributed by atoms with E-state index in [1.807, 2.05) is 37.3 Å². The predicted molar refractivity (Wildman–Crippen MR) is 78.6 cm³/mol. The van der Waals surface area contributed by atoms with E-state index in [2.05, 4.69) is 0 Å². The lowest BCUT2D eigenvalue weighted by atomic mass is 10.0. The fourth-order valence-electron chi connectivity index (χ4n) is 2.96. The Labute approximate surface area is 125 Å². The Morgan fingerprint density at radius 3 is 2.71 bits per heavy atom. The summed E-state index contributed by atoms with van der Waals surface area (Å²) in [5, 5.41) is 0. The normalized spacial score (nSPS) is 23.0. The van der Waals surface area contributed by atoms with Crippen LogP contribution < -0.4 is 0 Å². The monoisotopic (exact) mass is 287 g/mol. The Hall–Kier alpha value is -1.84. The zero-order valence-corrected chi connectivity index (χ0v) is 12.3. The van der Waals surface area contributed by atoms with Crippen molar-refractivity contribution in [3.05, 3.63) is 35.9 Å². The molecule has 0 N–H and O–H groups in total. The van der Waals surface area contributed by atoms with Gasteiger partial charge in [0.25, 0.3) is 0 Å². The molecule has 1 aromatic rings. The molecule has 0 spiro atoms. The number of imide groups is 1. The van der Waals surface area contributed by atoms with Crippen molar-refractivity contribution in [2.24, 2.45) is 11.8 Å². The molecule has 3 rings (SSSR count). The number of rotatable bonds is 5. The summed E-state index contributed by atoms with van der Waals surface area (Å²) < 4.78 is 5.11. The molecule has 1 saturated carbocycles. The Morgan fingerprint density at radius 2 is 2.05 bits per heavy atom. The van der Waals surface area contributed by atoms with Crippen LogP contribution >= 0.6 is 0 Å². The Morgan fingerprint density at radius 1 is 1.33 bits per heavy atom. The summed E-state index contributed by atoms with van der Waals surface area (Å²) in [7, 11) is 0. The van der Waals surface area contributed by atoms with Crippen molar-refractivity contribution in [1.82, 2.24) is 4.90 Å². The van der Waals surface area contributed by atoms with Crippen LogP contribution in [0.3, 0.4) is 0 Å². The number of cyclic esters (lactones) is 1. The molecular formula is C17H21NO3. The maximum absolute atomic E-state index is 12.5. The number of hydrogen-bond acceptors (Lipinski definition) is 3. The highest BCUT2D eigenvalue weighted by atomic mass is 16.6. The van der Waals surface area contributed by atoms with Gasteiger partial charge in [0, 0.05) is 5.92 Å². The Bertz CT molecular complexity index is 524. The molecule has 4 nitrogen and oxygen atoms in total. The van der Waals surface area contributed by atoms with E-state index in [-0.39, 0.29) is 17.9 Å². The number of ether oxygens (including phenoxy) is 1. The molecule has 21 heavy (non-hydrogen) atoms. The van der Waals surface area contributed by atoms with E-state index in [1.54, 1.807) is 0 Å². The van der Waals surface area contributed by atoms with Gasteiger partial charge < -0.3 is 4.74 Å². The number of benzene rings is 1. The molecule has 0 unspecified atom stereocenters. The number of carbonyl (C=O) groups excluding carboxylic acids is 2. The highest BCUT2D eigenvalue weighted by Crippen LogP contribution is 2.36. The van der Waals surface area contributed by atoms with E-state index < -0.39 is 6.09 Å². The van der Waals surface area contributed by atoms with E-state index >= 15 is 0 Å². The number of nitrogens with zero attached hydrogens (tertiary/aromatic N) is 1. The molecule has 0 bridgehead atoms. The van der Waals surface area contributed by atoms with Crippen molar-refractivity contribution in [3.8, 4) is 0 Å². The molecule has 1 aliphatic carbocycles. The summed E-state index contributed by atoms with van der Waals surface area (Å²) in [4.78, 5) is 25.8. The fraction of sp³-hybridized carbons (Fsp3) is 0.529. The average molecular weight is 287 g/mol. The van der Waals surface area contributed by atoms with Crippen LogP contribution in [-0.4, -0.2) is 29.5 Å². The lowest BCUT2D eigenvalue weighted by Gasteiger charge is -2.23. The lowest BCUT2D eigenvalue weighted by molar-refractivity contribution is -0.133. The van der Waals surface area contributed by atoms with E-state index in [4.69, 9.17) is 4.74 Å². The summed E-state index contributed by atoms with van der Waals surface area (Å²) in [6.07, 6.45) is 3.50. The fourth-order valence-corrected chi connectivity index (χ4v) is 2.96. The Kier molecular flexibility index (Phi) is 3.95. The van der Waals surface area contributed by atoms with Gasteiger partial charge in [-0.25, -0.2) is 9.69 Å². The molecule has 1 saturated heterocycles. The van der Waals surface area contributed by atoms with Gasteiger partial charge >= 0.3 is 6.09 Å². The van der Waals surface area contributed by atoms with Crippen LogP contribution in [0.25, 0.3) is 0 Å². The van der Waals surface area contributed by atoms with Gasteiger partial charge in [0.05, 0.1) is 6.04 Å². The molecular weight excluding hydrogens is 266 g/mol. The van der Waals surface area contributed by atoms with Crippen molar-refractivity contribution in [2.75, 3.05) is 6.61 Å². The molecule has 112 valence electrons. The highest BCUT2D eigenvalue weighted by molar-refractivity contribution is 5.94. The Balaban J connectivity index is 1.68. The van der Waals surface area contributed by atoms with E-state index in [0.29, 0.717) is 18.9 Å². The second-order valence-corrected chi connectivity index (χ2v) is 6.21. The second kappa shape index (κ2) is 5.88. The van der Waals surface area contributed by atoms with Crippen LogP contribution in [0.15, 0.2) is 30.3 Å². The molecule has 1 aliphatic heterocycles. The minimum absolute atomic E-state index is 0.0784. The predicted octanol–water partition coefficient (Wildman–Crippen LogP) is 3.01. The molecule has 1 aromatic carbocycles. The van der Waals surface area contributed by atoms with Gasteiger partial charge in [-0.15, -0.1) is 0 Å². The van der Waals surface area contributed by atoms with Crippen molar-refractivity contribution in [2.45, 2.75) is 38.6 Å². The van der Waals surface area contributed by atoms with Crippen molar-refractivity contribution >= 4 is 12.0 Å². The van der Waals surface area contributed by atoms with Crippen LogP contribution in [0.1, 0.15) is 31.7 Å². The summed E-state index contributed by atoms with van der Waals surface area (Å²) in [6, 6.07) is 9.75. The molecule has 2 amide bonds.